The highest BCUT2D eigenvalue weighted by atomic mass is 16.3. The third-order valence-corrected chi connectivity index (χ3v) is 9.28. The van der Waals surface area contributed by atoms with Crippen molar-refractivity contribution in [2.75, 3.05) is 16.0 Å². The molecule has 3 amide bonds. The number of hydrogen-bond donors (Lipinski definition) is 5. The van der Waals surface area contributed by atoms with E-state index in [-0.39, 0.29) is 64.7 Å². The number of ketones is 2. The summed E-state index contributed by atoms with van der Waals surface area (Å²) in [6.07, 6.45) is 3.02. The highest BCUT2D eigenvalue weighted by molar-refractivity contribution is 6.09. The van der Waals surface area contributed by atoms with Crippen LogP contribution < -0.4 is 16.0 Å². The van der Waals surface area contributed by atoms with Crippen LogP contribution in [-0.4, -0.2) is 39.5 Å². The summed E-state index contributed by atoms with van der Waals surface area (Å²) in [5.41, 5.74) is 4.62. The average molecular weight is 749 g/mol. The van der Waals surface area contributed by atoms with E-state index < -0.39 is 23.6 Å². The number of amides is 3. The number of nitrogens with zero attached hydrogens (tertiary/aromatic N) is 1. The van der Waals surface area contributed by atoms with Crippen LogP contribution >= 0.6 is 0 Å². The van der Waals surface area contributed by atoms with Crippen molar-refractivity contribution in [1.29, 1.82) is 5.26 Å². The molecule has 0 aliphatic rings. The number of carbonyl (C=O) groups excluding carboxylic acids is 5. The van der Waals surface area contributed by atoms with Gasteiger partial charge in [-0.2, -0.15) is 5.26 Å². The van der Waals surface area contributed by atoms with Gasteiger partial charge >= 0.3 is 0 Å². The molecular formula is C45H40N4O7. The first-order valence-electron chi connectivity index (χ1n) is 17.7. The maximum Gasteiger partial charge on any atom is 0.259 e. The van der Waals surface area contributed by atoms with E-state index in [1.165, 1.54) is 42.5 Å². The number of allylic oxidation sites excluding steroid dienone is 1. The van der Waals surface area contributed by atoms with Gasteiger partial charge in [-0.1, -0.05) is 66.7 Å². The number of aromatic hydroxyl groups is 2. The van der Waals surface area contributed by atoms with E-state index in [9.17, 15) is 39.4 Å². The molecule has 0 bridgehead atoms. The first kappa shape index (κ1) is 39.9. The number of Topliss-reactive ketones (excluding diaryl/α,β-unsaturated/α-hetero) is 1. The fourth-order valence-electron chi connectivity index (χ4n) is 5.85. The molecule has 0 saturated heterocycles. The zero-order chi connectivity index (χ0) is 40.4. The molecule has 11 heteroatoms. The monoisotopic (exact) mass is 748 g/mol. The number of benzene rings is 5. The molecule has 0 fully saturated rings. The minimum atomic E-state index is -0.936. The Kier molecular flexibility index (Phi) is 12.9. The third kappa shape index (κ3) is 10.0. The van der Waals surface area contributed by atoms with Crippen LogP contribution in [0.15, 0.2) is 109 Å². The van der Waals surface area contributed by atoms with Crippen LogP contribution in [0.3, 0.4) is 0 Å². The van der Waals surface area contributed by atoms with Crippen LogP contribution in [0.1, 0.15) is 71.7 Å². The molecule has 0 aromatic heterocycles. The van der Waals surface area contributed by atoms with Gasteiger partial charge in [0.25, 0.3) is 11.8 Å². The highest BCUT2D eigenvalue weighted by Gasteiger charge is 2.24. The minimum Gasteiger partial charge on any atom is -0.507 e. The lowest BCUT2D eigenvalue weighted by Gasteiger charge is -2.15. The highest BCUT2D eigenvalue weighted by Crippen LogP contribution is 2.32. The Morgan fingerprint density at radius 2 is 1.30 bits per heavy atom. The van der Waals surface area contributed by atoms with Crippen molar-refractivity contribution in [3.8, 4) is 17.6 Å². The molecule has 1 atom stereocenters. The molecule has 0 saturated carbocycles. The van der Waals surface area contributed by atoms with Crippen LogP contribution in [0.25, 0.3) is 6.08 Å². The predicted molar refractivity (Wildman–Crippen MR) is 215 cm³/mol. The van der Waals surface area contributed by atoms with E-state index in [1.54, 1.807) is 63.2 Å². The molecule has 5 aromatic rings. The van der Waals surface area contributed by atoms with E-state index in [1.807, 2.05) is 36.4 Å². The van der Waals surface area contributed by atoms with Gasteiger partial charge in [0.2, 0.25) is 5.91 Å². The van der Waals surface area contributed by atoms with E-state index in [0.29, 0.717) is 28.1 Å². The van der Waals surface area contributed by atoms with Gasteiger partial charge in [-0.15, -0.1) is 0 Å². The number of anilines is 3. The van der Waals surface area contributed by atoms with Crippen molar-refractivity contribution < 1.29 is 34.2 Å². The average Bonchev–Trinajstić information content (AvgIpc) is 3.19. The summed E-state index contributed by atoms with van der Waals surface area (Å²) < 4.78 is 0. The topological polar surface area (TPSA) is 186 Å². The van der Waals surface area contributed by atoms with Gasteiger partial charge in [-0.3, -0.25) is 24.0 Å². The molecular weight excluding hydrogens is 709 g/mol. The molecule has 5 aromatic carbocycles. The summed E-state index contributed by atoms with van der Waals surface area (Å²) >= 11 is 0. The Balaban J connectivity index is 1.15. The molecule has 1 unspecified atom stereocenters. The fourth-order valence-corrected chi connectivity index (χ4v) is 5.85. The number of aryl methyl sites for hydroxylation is 1. The molecule has 0 aliphatic carbocycles. The SMILES string of the molecule is Cc1ccc(NC(=O)c2ccc(NC(=O)c3ccc(NC(=O)C(CC#N)CC(=O)c4ccc(CC(=O)/C=C/c5ccccc5)cc4)cc3)c(C)c2O)c(C)c1O. The Morgan fingerprint density at radius 3 is 1.96 bits per heavy atom. The normalized spacial score (nSPS) is 11.3. The van der Waals surface area contributed by atoms with Crippen molar-refractivity contribution in [2.45, 2.75) is 40.0 Å². The molecule has 0 spiro atoms. The van der Waals surface area contributed by atoms with Crippen molar-refractivity contribution in [1.82, 2.24) is 0 Å². The van der Waals surface area contributed by atoms with Gasteiger partial charge in [0.05, 0.1) is 17.6 Å². The molecule has 0 radical (unpaired) electrons. The molecule has 5 rings (SSSR count). The molecule has 5 N–H and O–H groups in total. The smallest absolute Gasteiger partial charge is 0.259 e. The number of carbonyl (C=O) groups is 5. The maximum atomic E-state index is 13.2. The molecule has 0 aliphatic heterocycles. The Hall–Kier alpha value is -7.32. The van der Waals surface area contributed by atoms with Crippen LogP contribution in [0, 0.1) is 38.0 Å². The zero-order valence-electron chi connectivity index (χ0n) is 31.1. The zero-order valence-corrected chi connectivity index (χ0v) is 31.1. The molecule has 0 heterocycles. The van der Waals surface area contributed by atoms with Gasteiger partial charge in [-0.05, 0) is 86.0 Å². The van der Waals surface area contributed by atoms with Crippen LogP contribution in [0.4, 0.5) is 17.1 Å². The van der Waals surface area contributed by atoms with Crippen molar-refractivity contribution in [3.63, 3.8) is 0 Å². The summed E-state index contributed by atoms with van der Waals surface area (Å²) in [5.74, 6) is -3.26. The van der Waals surface area contributed by atoms with E-state index in [4.69, 9.17) is 0 Å². The van der Waals surface area contributed by atoms with E-state index in [2.05, 4.69) is 16.0 Å². The number of nitriles is 1. The first-order valence-corrected chi connectivity index (χ1v) is 17.7. The van der Waals surface area contributed by atoms with Crippen molar-refractivity contribution >= 4 is 52.4 Å². The molecule has 282 valence electrons. The summed E-state index contributed by atoms with van der Waals surface area (Å²) in [6, 6.07) is 30.2. The second kappa shape index (κ2) is 18.1. The van der Waals surface area contributed by atoms with Gasteiger partial charge in [0.15, 0.2) is 11.6 Å². The van der Waals surface area contributed by atoms with Gasteiger partial charge in [-0.25, -0.2) is 0 Å². The lowest BCUT2D eigenvalue weighted by atomic mass is 9.94. The number of phenols is 2. The number of phenolic OH excluding ortho intramolecular Hbond substituents is 2. The Morgan fingerprint density at radius 1 is 0.696 bits per heavy atom. The van der Waals surface area contributed by atoms with E-state index >= 15 is 0 Å². The quantitative estimate of drug-likeness (QED) is 0.0557. The van der Waals surface area contributed by atoms with Crippen molar-refractivity contribution in [3.05, 3.63) is 154 Å². The summed E-state index contributed by atoms with van der Waals surface area (Å²) in [5, 5.41) is 38.6. The second-order valence-electron chi connectivity index (χ2n) is 13.3. The first-order chi connectivity index (χ1) is 26.8. The Bertz CT molecular complexity index is 2360. The number of rotatable bonds is 14. The third-order valence-electron chi connectivity index (χ3n) is 9.28. The number of hydrogen-bond acceptors (Lipinski definition) is 8. The predicted octanol–water partition coefficient (Wildman–Crippen LogP) is 8.09. The largest absolute Gasteiger partial charge is 0.507 e. The Labute approximate surface area is 324 Å². The van der Waals surface area contributed by atoms with Crippen molar-refractivity contribution in [2.24, 2.45) is 5.92 Å². The standard InChI is InChI=1S/C45H40N4O7/c1-27-9-21-38(28(2)41(27)52)49-45(56)37-20-22-39(29(3)42(37)53)48-43(54)33-15-17-35(18-16-33)47-44(55)34(23-24-46)26-40(51)32-13-10-31(11-14-32)25-36(50)19-12-30-7-5-4-6-8-30/h4-22,34,52-53H,23,25-26H2,1-3H3,(H,47,55)(H,48,54)(H,49,56)/b19-12+. The second-order valence-corrected chi connectivity index (χ2v) is 13.3. The minimum absolute atomic E-state index is 0.0226. The molecule has 56 heavy (non-hydrogen) atoms. The van der Waals surface area contributed by atoms with Gasteiger partial charge < -0.3 is 26.2 Å². The maximum absolute atomic E-state index is 13.2. The lowest BCUT2D eigenvalue weighted by Crippen LogP contribution is -2.25. The lowest BCUT2D eigenvalue weighted by molar-refractivity contribution is -0.119. The summed E-state index contributed by atoms with van der Waals surface area (Å²) in [7, 11) is 0. The summed E-state index contributed by atoms with van der Waals surface area (Å²) in [6.45, 7) is 4.96. The van der Waals surface area contributed by atoms with Gasteiger partial charge in [0, 0.05) is 58.6 Å². The van der Waals surface area contributed by atoms with E-state index in [0.717, 1.165) is 11.1 Å². The van der Waals surface area contributed by atoms with Crippen LogP contribution in [0.2, 0.25) is 0 Å². The van der Waals surface area contributed by atoms with Gasteiger partial charge in [0.1, 0.15) is 11.5 Å². The van der Waals surface area contributed by atoms with Crippen LogP contribution in [0.5, 0.6) is 11.5 Å². The number of nitrogens with one attached hydrogen (secondary N) is 3. The fraction of sp³-hybridized carbons (Fsp3) is 0.156. The molecule has 11 nitrogen and oxygen atoms in total. The van der Waals surface area contributed by atoms with Crippen LogP contribution in [-0.2, 0) is 16.0 Å². The summed E-state index contributed by atoms with van der Waals surface area (Å²) in [4.78, 5) is 64.7.